The third kappa shape index (κ3) is 13.0. The van der Waals surface area contributed by atoms with Crippen LogP contribution in [0.4, 0.5) is 0 Å². The van der Waals surface area contributed by atoms with Gasteiger partial charge in [0.15, 0.2) is 0 Å². The molecule has 4 heavy (non-hydrogen) atoms. The maximum atomic E-state index is 7.36. The summed E-state index contributed by atoms with van der Waals surface area (Å²) in [4.78, 5) is 0. The zero-order valence-electron chi connectivity index (χ0n) is 1.75. The molecule has 0 rings (SSSR count). The van der Waals surface area contributed by atoms with Crippen LogP contribution in [0.5, 0.6) is 0 Å². The Morgan fingerprint density at radius 3 is 1.75 bits per heavy atom. The van der Waals surface area contributed by atoms with Gasteiger partial charge in [-0.2, -0.15) is 0 Å². The summed E-state index contributed by atoms with van der Waals surface area (Å²) >= 11 is 0.941. The maximum absolute atomic E-state index is 7.36. The van der Waals surface area contributed by atoms with Gasteiger partial charge in [0.1, 0.15) is 0 Å². The van der Waals surface area contributed by atoms with Crippen molar-refractivity contribution < 1.29 is 41.8 Å². The van der Waals surface area contributed by atoms with Crippen LogP contribution in [0.15, 0.2) is 0 Å². The Balaban J connectivity index is 0. The van der Waals surface area contributed by atoms with Crippen LogP contribution in [0.2, 0.25) is 0 Å². The third-order valence-electron chi connectivity index (χ3n) is 0. The van der Waals surface area contributed by atoms with Gasteiger partial charge in [0.05, 0.1) is 0 Å². The van der Waals surface area contributed by atoms with E-state index in [-0.39, 0.29) is 17.1 Å². The Bertz CT molecular complexity index is 29.5. The Hall–Kier alpha value is 0.893. The monoisotopic (exact) mass is 179 g/mol. The average Bonchev–Trinajstić information content (AvgIpc) is 0.918. The molecule has 1 radical (unpaired) electrons. The SMILES string of the molecule is N#[C][Zr].[Cu]. The van der Waals surface area contributed by atoms with Crippen molar-refractivity contribution in [3.63, 3.8) is 0 Å². The molecule has 0 saturated carbocycles. The van der Waals surface area contributed by atoms with Crippen molar-refractivity contribution in [2.24, 2.45) is 0 Å². The number of nitriles is 1. The van der Waals surface area contributed by atoms with Crippen molar-refractivity contribution in [3.05, 3.63) is 0 Å². The summed E-state index contributed by atoms with van der Waals surface area (Å²) in [6.07, 6.45) is 0. The molecule has 0 aliphatic rings. The summed E-state index contributed by atoms with van der Waals surface area (Å²) in [6.45, 7) is 0. The van der Waals surface area contributed by atoms with Crippen LogP contribution in [0.3, 0.4) is 0 Å². The van der Waals surface area contributed by atoms with Gasteiger partial charge in [0.25, 0.3) is 0 Å². The van der Waals surface area contributed by atoms with Crippen molar-refractivity contribution in [3.8, 4) is 3.78 Å². The summed E-state index contributed by atoms with van der Waals surface area (Å²) < 4.78 is 1.84. The van der Waals surface area contributed by atoms with Crippen molar-refractivity contribution in [1.82, 2.24) is 0 Å². The molecule has 0 bridgehead atoms. The van der Waals surface area contributed by atoms with Crippen molar-refractivity contribution >= 4 is 0 Å². The Kier molecular flexibility index (Phi) is 20.1. The smallest absolute Gasteiger partial charge is 0 e. The molecular formula is CCuNZr. The van der Waals surface area contributed by atoms with E-state index in [1.807, 2.05) is 3.78 Å². The molecule has 0 fully saturated rings. The second-order valence-corrected chi connectivity index (χ2v) is 0.661. The number of nitrogens with zero attached hydrogens (tertiary/aromatic N) is 1. The van der Waals surface area contributed by atoms with Crippen LogP contribution in [0.25, 0.3) is 0 Å². The van der Waals surface area contributed by atoms with Gasteiger partial charge in [-0.15, -0.1) is 0 Å². The molecule has 0 atom stereocenters. The molecule has 0 aliphatic carbocycles. The van der Waals surface area contributed by atoms with Gasteiger partial charge in [0.2, 0.25) is 0 Å². The van der Waals surface area contributed by atoms with E-state index >= 15 is 0 Å². The summed E-state index contributed by atoms with van der Waals surface area (Å²) in [6, 6.07) is 0. The number of hydrogen-bond donors (Lipinski definition) is 0. The Morgan fingerprint density at radius 2 is 1.75 bits per heavy atom. The van der Waals surface area contributed by atoms with Gasteiger partial charge in [-0.1, -0.05) is 0 Å². The van der Waals surface area contributed by atoms with Gasteiger partial charge >= 0.3 is 33.8 Å². The molecule has 0 aliphatic heterocycles. The fourth-order valence-corrected chi connectivity index (χ4v) is 0. The molecule has 0 saturated heterocycles. The minimum atomic E-state index is 0. The van der Waals surface area contributed by atoms with Crippen LogP contribution >= 0.6 is 0 Å². The second kappa shape index (κ2) is 9.09. The molecule has 1 nitrogen and oxygen atoms in total. The fraction of sp³-hybridized carbons (Fsp3) is 0. The van der Waals surface area contributed by atoms with Crippen molar-refractivity contribution in [2.45, 2.75) is 0 Å². The first-order chi connectivity index (χ1) is 1.41. The van der Waals surface area contributed by atoms with Crippen LogP contribution in [0, 0.1) is 9.04 Å². The summed E-state index contributed by atoms with van der Waals surface area (Å²) in [5.41, 5.74) is 0. The Labute approximate surface area is 50.7 Å². The molecule has 0 aromatic carbocycles. The molecule has 0 heterocycles. The van der Waals surface area contributed by atoms with E-state index in [2.05, 4.69) is 0 Å². The van der Waals surface area contributed by atoms with E-state index in [9.17, 15) is 0 Å². The predicted octanol–water partition coefficient (Wildman–Crippen LogP) is 0.0118. The molecule has 0 amide bonds. The molecular weight excluding hydrogens is 181 g/mol. The van der Waals surface area contributed by atoms with Gasteiger partial charge in [-0.3, -0.25) is 0 Å². The summed E-state index contributed by atoms with van der Waals surface area (Å²) in [7, 11) is 0. The zero-order chi connectivity index (χ0) is 2.71. The van der Waals surface area contributed by atoms with Gasteiger partial charge in [0, 0.05) is 17.1 Å². The van der Waals surface area contributed by atoms with Crippen LogP contribution < -0.4 is 0 Å². The summed E-state index contributed by atoms with van der Waals surface area (Å²) in [5, 5.41) is 7.36. The van der Waals surface area contributed by atoms with Crippen LogP contribution in [-0.4, -0.2) is 0 Å². The molecule has 0 spiro atoms. The topological polar surface area (TPSA) is 23.8 Å². The number of hydrogen-bond acceptors (Lipinski definition) is 1. The first-order valence-electron chi connectivity index (χ1n) is 0.474. The van der Waals surface area contributed by atoms with E-state index in [1.54, 1.807) is 0 Å². The second-order valence-electron chi connectivity index (χ2n) is 0.112. The molecule has 0 aromatic rings. The van der Waals surface area contributed by atoms with Crippen LogP contribution in [0.1, 0.15) is 0 Å². The molecule has 0 unspecified atom stereocenters. The first-order valence-corrected chi connectivity index (χ1v) is 1.70. The van der Waals surface area contributed by atoms with E-state index in [4.69, 9.17) is 5.26 Å². The van der Waals surface area contributed by atoms with Crippen molar-refractivity contribution in [1.29, 1.82) is 5.26 Å². The van der Waals surface area contributed by atoms with E-state index in [0.717, 1.165) is 24.7 Å². The minimum absolute atomic E-state index is 0. The van der Waals surface area contributed by atoms with E-state index < -0.39 is 0 Å². The van der Waals surface area contributed by atoms with Gasteiger partial charge < -0.3 is 0 Å². The third-order valence-corrected chi connectivity index (χ3v) is 0. The maximum Gasteiger partial charge on any atom is 0 e. The molecule has 0 aromatic heterocycles. The quantitative estimate of drug-likeness (QED) is 0.482. The van der Waals surface area contributed by atoms with Gasteiger partial charge in [-0.05, 0) is 0 Å². The normalized spacial score (nSPS) is 1.50. The van der Waals surface area contributed by atoms with Crippen molar-refractivity contribution in [2.75, 3.05) is 0 Å². The molecule has 0 N–H and O–H groups in total. The molecule has 3 heteroatoms. The molecule has 24 valence electrons. The Morgan fingerprint density at radius 1 is 1.75 bits per heavy atom. The summed E-state index contributed by atoms with van der Waals surface area (Å²) in [5.74, 6) is 0. The van der Waals surface area contributed by atoms with E-state index in [0.29, 0.717) is 0 Å². The average molecular weight is 181 g/mol. The first kappa shape index (κ1) is 8.86. The van der Waals surface area contributed by atoms with Gasteiger partial charge in [-0.25, -0.2) is 0 Å². The fourth-order valence-electron chi connectivity index (χ4n) is 0. The number of rotatable bonds is 0. The largest absolute Gasteiger partial charge is 0 e. The zero-order valence-corrected chi connectivity index (χ0v) is 5.15. The minimum Gasteiger partial charge on any atom is 0 e. The predicted molar refractivity (Wildman–Crippen MR) is 5.61 cm³/mol. The standard InChI is InChI=1S/CN.Cu.Zr/c1-2;;. The van der Waals surface area contributed by atoms with Crippen LogP contribution in [-0.2, 0) is 41.8 Å². The van der Waals surface area contributed by atoms with E-state index in [1.165, 1.54) is 0 Å².